The van der Waals surface area contributed by atoms with Crippen LogP contribution in [0, 0.1) is 5.92 Å². The third kappa shape index (κ3) is 6.81. The molecule has 1 amide bonds. The van der Waals surface area contributed by atoms with Crippen LogP contribution in [-0.4, -0.2) is 23.9 Å². The number of rotatable bonds is 10. The predicted molar refractivity (Wildman–Crippen MR) is 91.7 cm³/mol. The zero-order valence-electron chi connectivity index (χ0n) is 13.1. The van der Waals surface area contributed by atoms with E-state index in [2.05, 4.69) is 6.92 Å². The highest BCUT2D eigenvalue weighted by Crippen LogP contribution is 2.23. The Morgan fingerprint density at radius 3 is 2.62 bits per heavy atom. The largest absolute Gasteiger partial charge is 0.338 e. The molecule has 5 heteroatoms. The van der Waals surface area contributed by atoms with Crippen LogP contribution in [0.15, 0.2) is 12.1 Å². The number of nitrogens with two attached hydrogens (primary N) is 1. The molecule has 1 atom stereocenters. The Morgan fingerprint density at radius 1 is 1.33 bits per heavy atom. The molecule has 0 bridgehead atoms. The van der Waals surface area contributed by atoms with Gasteiger partial charge in [0.2, 0.25) is 5.91 Å². The minimum absolute atomic E-state index is 0.236. The van der Waals surface area contributed by atoms with Crippen molar-refractivity contribution in [2.75, 3.05) is 13.1 Å². The lowest BCUT2D eigenvalue weighted by Gasteiger charge is -2.22. The molecule has 21 heavy (non-hydrogen) atoms. The number of hydrogen-bond donors (Lipinski definition) is 1. The van der Waals surface area contributed by atoms with Crippen molar-refractivity contribution < 1.29 is 4.79 Å². The summed E-state index contributed by atoms with van der Waals surface area (Å²) < 4.78 is 0.777. The van der Waals surface area contributed by atoms with Crippen molar-refractivity contribution in [3.05, 3.63) is 21.3 Å². The number of hydrogen-bond acceptors (Lipinski definition) is 3. The summed E-state index contributed by atoms with van der Waals surface area (Å²) in [5.41, 5.74) is 5.65. The van der Waals surface area contributed by atoms with Gasteiger partial charge in [0.15, 0.2) is 0 Å². The van der Waals surface area contributed by atoms with Crippen molar-refractivity contribution in [3.8, 4) is 0 Å². The van der Waals surface area contributed by atoms with Gasteiger partial charge in [-0.25, -0.2) is 0 Å². The van der Waals surface area contributed by atoms with E-state index in [4.69, 9.17) is 17.3 Å². The first-order chi connectivity index (χ1) is 10.1. The summed E-state index contributed by atoms with van der Waals surface area (Å²) in [7, 11) is 0. The van der Waals surface area contributed by atoms with E-state index in [0.717, 1.165) is 41.4 Å². The van der Waals surface area contributed by atoms with Crippen LogP contribution in [0.3, 0.4) is 0 Å². The molecule has 1 aromatic rings. The molecule has 0 aliphatic heterocycles. The molecular weight excluding hydrogens is 304 g/mol. The first kappa shape index (κ1) is 18.5. The molecule has 3 nitrogen and oxygen atoms in total. The Morgan fingerprint density at radius 2 is 2.10 bits per heavy atom. The quantitative estimate of drug-likeness (QED) is 0.695. The molecule has 0 spiro atoms. The Kier molecular flexibility index (Phi) is 8.97. The van der Waals surface area contributed by atoms with Gasteiger partial charge in [-0.2, -0.15) is 0 Å². The predicted octanol–water partition coefficient (Wildman–Crippen LogP) is 4.30. The minimum Gasteiger partial charge on any atom is -0.338 e. The minimum atomic E-state index is 0.236. The topological polar surface area (TPSA) is 46.3 Å². The van der Waals surface area contributed by atoms with Crippen molar-refractivity contribution in [2.45, 2.75) is 52.5 Å². The average molecular weight is 331 g/mol. The van der Waals surface area contributed by atoms with Crippen LogP contribution in [0.25, 0.3) is 0 Å². The van der Waals surface area contributed by atoms with Crippen LogP contribution in [0.5, 0.6) is 0 Å². The van der Waals surface area contributed by atoms with Crippen molar-refractivity contribution in [1.82, 2.24) is 4.90 Å². The Labute approximate surface area is 137 Å². The number of carbonyl (C=O) groups excluding carboxylic acids is 1. The van der Waals surface area contributed by atoms with Crippen molar-refractivity contribution in [1.29, 1.82) is 0 Å². The van der Waals surface area contributed by atoms with Crippen molar-refractivity contribution in [2.24, 2.45) is 11.7 Å². The van der Waals surface area contributed by atoms with E-state index in [0.29, 0.717) is 25.4 Å². The molecule has 0 aliphatic carbocycles. The molecule has 120 valence electrons. The molecule has 0 fully saturated rings. The molecule has 0 radical (unpaired) electrons. The van der Waals surface area contributed by atoms with Gasteiger partial charge in [0.1, 0.15) is 0 Å². The maximum atomic E-state index is 12.4. The normalized spacial score (nSPS) is 12.4. The molecule has 0 aromatic carbocycles. The molecule has 1 unspecified atom stereocenters. The summed E-state index contributed by atoms with van der Waals surface area (Å²) in [6.45, 7) is 6.33. The van der Waals surface area contributed by atoms with Gasteiger partial charge in [-0.3, -0.25) is 4.79 Å². The smallest absolute Gasteiger partial charge is 0.222 e. The van der Waals surface area contributed by atoms with Gasteiger partial charge in [0.05, 0.1) is 10.9 Å². The number of carbonyl (C=O) groups is 1. The van der Waals surface area contributed by atoms with Gasteiger partial charge in [0, 0.05) is 17.8 Å². The van der Waals surface area contributed by atoms with E-state index in [1.807, 2.05) is 24.0 Å². The van der Waals surface area contributed by atoms with Crippen LogP contribution in [0.1, 0.15) is 50.8 Å². The lowest BCUT2D eigenvalue weighted by atomic mass is 9.94. The molecule has 1 rings (SSSR count). The zero-order chi connectivity index (χ0) is 15.7. The van der Waals surface area contributed by atoms with Gasteiger partial charge in [0.25, 0.3) is 0 Å². The number of halogens is 1. The fourth-order valence-electron chi connectivity index (χ4n) is 2.56. The van der Waals surface area contributed by atoms with E-state index in [1.54, 1.807) is 11.3 Å². The Hall–Kier alpha value is -0.580. The van der Waals surface area contributed by atoms with Crippen LogP contribution in [-0.2, 0) is 11.3 Å². The maximum Gasteiger partial charge on any atom is 0.222 e. The zero-order valence-corrected chi connectivity index (χ0v) is 14.7. The summed E-state index contributed by atoms with van der Waals surface area (Å²) in [4.78, 5) is 15.4. The SMILES string of the molecule is CCCC(CCN)CCC(=O)N(CC)Cc1ccc(Cl)s1. The fraction of sp³-hybridized carbons (Fsp3) is 0.688. The lowest BCUT2D eigenvalue weighted by molar-refractivity contribution is -0.131. The summed E-state index contributed by atoms with van der Waals surface area (Å²) in [6.07, 6.45) is 4.91. The highest BCUT2D eigenvalue weighted by atomic mass is 35.5. The van der Waals surface area contributed by atoms with Crippen LogP contribution in [0.2, 0.25) is 4.34 Å². The van der Waals surface area contributed by atoms with Crippen LogP contribution in [0.4, 0.5) is 0 Å². The van der Waals surface area contributed by atoms with Gasteiger partial charge in [-0.15, -0.1) is 11.3 Å². The van der Waals surface area contributed by atoms with E-state index in [9.17, 15) is 4.79 Å². The van der Waals surface area contributed by atoms with Gasteiger partial charge in [-0.1, -0.05) is 31.4 Å². The number of amides is 1. The van der Waals surface area contributed by atoms with Crippen molar-refractivity contribution in [3.63, 3.8) is 0 Å². The van der Waals surface area contributed by atoms with E-state index in [1.165, 1.54) is 0 Å². The molecule has 0 saturated heterocycles. The fourth-order valence-corrected chi connectivity index (χ4v) is 3.67. The molecular formula is C16H27ClN2OS. The van der Waals surface area contributed by atoms with Gasteiger partial charge in [-0.05, 0) is 44.4 Å². The molecule has 1 aromatic heterocycles. The van der Waals surface area contributed by atoms with Crippen molar-refractivity contribution >= 4 is 28.8 Å². The highest BCUT2D eigenvalue weighted by molar-refractivity contribution is 7.16. The third-order valence-electron chi connectivity index (χ3n) is 3.75. The van der Waals surface area contributed by atoms with E-state index < -0.39 is 0 Å². The summed E-state index contributed by atoms with van der Waals surface area (Å²) >= 11 is 7.49. The molecule has 1 heterocycles. The Bertz CT molecular complexity index is 416. The van der Waals surface area contributed by atoms with Gasteiger partial charge >= 0.3 is 0 Å². The first-order valence-corrected chi connectivity index (χ1v) is 9.02. The summed E-state index contributed by atoms with van der Waals surface area (Å²) in [5.74, 6) is 0.819. The van der Waals surface area contributed by atoms with Crippen LogP contribution >= 0.6 is 22.9 Å². The van der Waals surface area contributed by atoms with E-state index in [-0.39, 0.29) is 5.91 Å². The number of thiophene rings is 1. The van der Waals surface area contributed by atoms with Crippen LogP contribution < -0.4 is 5.73 Å². The molecule has 2 N–H and O–H groups in total. The second kappa shape index (κ2) is 10.2. The molecule has 0 saturated carbocycles. The number of nitrogens with zero attached hydrogens (tertiary/aromatic N) is 1. The summed E-state index contributed by atoms with van der Waals surface area (Å²) in [5, 5.41) is 0. The second-order valence-corrected chi connectivity index (χ2v) is 7.18. The molecule has 0 aliphatic rings. The lowest BCUT2D eigenvalue weighted by Crippen LogP contribution is -2.30. The average Bonchev–Trinajstić information content (AvgIpc) is 2.87. The van der Waals surface area contributed by atoms with E-state index >= 15 is 0 Å². The summed E-state index contributed by atoms with van der Waals surface area (Å²) in [6, 6.07) is 3.88. The monoisotopic (exact) mass is 330 g/mol. The van der Waals surface area contributed by atoms with Gasteiger partial charge < -0.3 is 10.6 Å². The standard InChI is InChI=1S/C16H27ClN2OS/c1-3-5-13(10-11-18)6-9-16(20)19(4-2)12-14-7-8-15(17)21-14/h7-8,13H,3-6,9-12,18H2,1-2H3. The maximum absolute atomic E-state index is 12.4. The third-order valence-corrected chi connectivity index (χ3v) is 4.96. The first-order valence-electron chi connectivity index (χ1n) is 7.82. The highest BCUT2D eigenvalue weighted by Gasteiger charge is 2.15. The Balaban J connectivity index is 2.46. The second-order valence-electron chi connectivity index (χ2n) is 5.38.